The molecule has 0 aromatic carbocycles. The minimum atomic E-state index is -4.74. The number of carbonyl (C=O) groups excluding carboxylic acids is 2. The van der Waals surface area contributed by atoms with E-state index < -0.39 is 51.1 Å². The van der Waals surface area contributed by atoms with Gasteiger partial charge in [0, 0.05) is 12.8 Å². The van der Waals surface area contributed by atoms with Crippen molar-refractivity contribution in [2.75, 3.05) is 19.8 Å². The molecule has 5 atom stereocenters. The third-order valence-electron chi connectivity index (χ3n) is 10.2. The van der Waals surface area contributed by atoms with Crippen molar-refractivity contribution in [1.82, 2.24) is 0 Å². The van der Waals surface area contributed by atoms with Crippen LogP contribution in [0.25, 0.3) is 0 Å². The molecule has 0 spiro atoms. The summed E-state index contributed by atoms with van der Waals surface area (Å²) >= 11 is 0. The van der Waals surface area contributed by atoms with Gasteiger partial charge in [-0.05, 0) is 77.0 Å². The molecule has 0 saturated carbocycles. The van der Waals surface area contributed by atoms with Crippen molar-refractivity contribution < 1.29 is 52.2 Å². The van der Waals surface area contributed by atoms with Crippen LogP contribution in [0.4, 0.5) is 0 Å². The van der Waals surface area contributed by atoms with Crippen LogP contribution in [0.5, 0.6) is 0 Å². The zero-order valence-electron chi connectivity index (χ0n) is 37.7. The summed E-state index contributed by atoms with van der Waals surface area (Å²) in [6.07, 6.45) is 47.5. The molecule has 13 heteroatoms. The van der Waals surface area contributed by atoms with Crippen LogP contribution in [0.2, 0.25) is 0 Å². The number of hydrogen-bond donors (Lipinski definition) is 3. The molecule has 1 saturated heterocycles. The molecule has 0 aromatic rings. The van der Waals surface area contributed by atoms with E-state index in [-0.39, 0.29) is 19.4 Å². The summed E-state index contributed by atoms with van der Waals surface area (Å²) in [6.45, 7) is 2.69. The first kappa shape index (κ1) is 56.2. The molecular formula is C48H82NO11P. The van der Waals surface area contributed by atoms with E-state index in [0.717, 1.165) is 57.8 Å². The van der Waals surface area contributed by atoms with Crippen molar-refractivity contribution in [3.05, 3.63) is 60.8 Å². The van der Waals surface area contributed by atoms with E-state index in [0.29, 0.717) is 31.5 Å². The fourth-order valence-corrected chi connectivity index (χ4v) is 7.14. The second-order valence-corrected chi connectivity index (χ2v) is 17.4. The van der Waals surface area contributed by atoms with E-state index in [2.05, 4.69) is 67.0 Å². The molecule has 1 aliphatic heterocycles. The molecule has 61 heavy (non-hydrogen) atoms. The largest absolute Gasteiger partial charge is 0.480 e. The molecule has 1 heterocycles. The fourth-order valence-electron chi connectivity index (χ4n) is 6.36. The third kappa shape index (κ3) is 36.3. The summed E-state index contributed by atoms with van der Waals surface area (Å²) in [4.78, 5) is 46.1. The molecule has 3 unspecified atom stereocenters. The van der Waals surface area contributed by atoms with Gasteiger partial charge < -0.3 is 29.9 Å². The van der Waals surface area contributed by atoms with Crippen LogP contribution < -0.4 is 5.73 Å². The van der Waals surface area contributed by atoms with Gasteiger partial charge in [0.1, 0.15) is 12.6 Å². The Bertz CT molecular complexity index is 1330. The van der Waals surface area contributed by atoms with Crippen LogP contribution in [0.1, 0.15) is 181 Å². The molecular weight excluding hydrogens is 797 g/mol. The van der Waals surface area contributed by atoms with Crippen molar-refractivity contribution in [1.29, 1.82) is 0 Å². The van der Waals surface area contributed by atoms with Crippen LogP contribution >= 0.6 is 7.82 Å². The number of allylic oxidation sites excluding steroid dienone is 9. The van der Waals surface area contributed by atoms with Gasteiger partial charge in [-0.3, -0.25) is 23.4 Å². The number of hydrogen-bond acceptors (Lipinski definition) is 10. The lowest BCUT2D eigenvalue weighted by molar-refractivity contribution is -0.161. The smallest absolute Gasteiger partial charge is 0.472 e. The Balaban J connectivity index is 2.29. The van der Waals surface area contributed by atoms with Crippen LogP contribution in [0.15, 0.2) is 60.8 Å². The van der Waals surface area contributed by atoms with Gasteiger partial charge in [-0.15, -0.1) is 0 Å². The molecule has 350 valence electrons. The number of ether oxygens (including phenoxy) is 3. The lowest BCUT2D eigenvalue weighted by Crippen LogP contribution is -2.34. The number of carbonyl (C=O) groups is 3. The summed E-state index contributed by atoms with van der Waals surface area (Å²) in [5.74, 6) is -2.46. The highest BCUT2D eigenvalue weighted by Crippen LogP contribution is 2.43. The van der Waals surface area contributed by atoms with Crippen LogP contribution in [0, 0.1) is 0 Å². The van der Waals surface area contributed by atoms with Crippen LogP contribution in [-0.4, -0.2) is 72.1 Å². The number of rotatable bonds is 42. The zero-order valence-corrected chi connectivity index (χ0v) is 38.6. The molecule has 0 amide bonds. The predicted octanol–water partition coefficient (Wildman–Crippen LogP) is 11.7. The highest BCUT2D eigenvalue weighted by molar-refractivity contribution is 7.47. The number of aliphatic carboxylic acids is 1. The van der Waals surface area contributed by atoms with Gasteiger partial charge in [-0.25, -0.2) is 4.57 Å². The van der Waals surface area contributed by atoms with Crippen molar-refractivity contribution >= 4 is 25.7 Å². The van der Waals surface area contributed by atoms with Crippen molar-refractivity contribution in [3.8, 4) is 0 Å². The van der Waals surface area contributed by atoms with Crippen LogP contribution in [0.3, 0.4) is 0 Å². The molecule has 4 N–H and O–H groups in total. The Labute approximate surface area is 368 Å². The van der Waals surface area contributed by atoms with E-state index in [1.807, 2.05) is 12.2 Å². The number of carboxylic acids is 1. The van der Waals surface area contributed by atoms with Crippen LogP contribution in [-0.2, 0) is 42.2 Å². The lowest BCUT2D eigenvalue weighted by Gasteiger charge is -2.20. The minimum absolute atomic E-state index is 0.139. The number of epoxide rings is 1. The molecule has 1 rings (SSSR count). The summed E-state index contributed by atoms with van der Waals surface area (Å²) < 4.78 is 38.4. The van der Waals surface area contributed by atoms with Gasteiger partial charge >= 0.3 is 25.7 Å². The summed E-state index contributed by atoms with van der Waals surface area (Å²) in [6, 6.07) is -1.53. The van der Waals surface area contributed by atoms with E-state index >= 15 is 0 Å². The fraction of sp³-hybridized carbons (Fsp3) is 0.729. The van der Waals surface area contributed by atoms with E-state index in [1.54, 1.807) is 0 Å². The second kappa shape index (κ2) is 38.8. The Morgan fingerprint density at radius 2 is 1.10 bits per heavy atom. The number of unbranched alkanes of at least 4 members (excludes halogenated alkanes) is 15. The molecule has 12 nitrogen and oxygen atoms in total. The summed E-state index contributed by atoms with van der Waals surface area (Å²) in [5.41, 5.74) is 5.34. The van der Waals surface area contributed by atoms with Gasteiger partial charge in [0.2, 0.25) is 0 Å². The first-order valence-electron chi connectivity index (χ1n) is 23.4. The molecule has 0 bridgehead atoms. The molecule has 0 radical (unpaired) electrons. The highest BCUT2D eigenvalue weighted by Gasteiger charge is 2.36. The average Bonchev–Trinajstić information content (AvgIpc) is 3.99. The van der Waals surface area contributed by atoms with E-state index in [9.17, 15) is 23.8 Å². The Hall–Kier alpha value is -2.86. The third-order valence-corrected chi connectivity index (χ3v) is 11.1. The second-order valence-electron chi connectivity index (χ2n) is 15.9. The first-order valence-corrected chi connectivity index (χ1v) is 24.9. The van der Waals surface area contributed by atoms with Gasteiger partial charge in [-0.1, -0.05) is 152 Å². The maximum absolute atomic E-state index is 12.7. The number of phosphoric ester groups is 1. The van der Waals surface area contributed by atoms with Gasteiger partial charge in [-0.2, -0.15) is 0 Å². The van der Waals surface area contributed by atoms with Crippen molar-refractivity contribution in [2.24, 2.45) is 5.73 Å². The highest BCUT2D eigenvalue weighted by atomic mass is 31.2. The molecule has 1 fully saturated rings. The Kier molecular flexibility index (Phi) is 35.7. The van der Waals surface area contributed by atoms with Gasteiger partial charge in [0.25, 0.3) is 0 Å². The summed E-state index contributed by atoms with van der Waals surface area (Å²) in [7, 11) is -4.74. The maximum atomic E-state index is 12.7. The zero-order chi connectivity index (χ0) is 44.7. The average molecular weight is 880 g/mol. The topological polar surface area (TPSA) is 184 Å². The SMILES string of the molecule is CCCCC/C=C\C/C=C\CCCCCCCCCCCC(=O)O[C@H](COC(=O)CCC/C=C\C/C=C\C/C=C\CC1OC1CCCCC)COP(=O)(O)OC[C@H](N)C(=O)O. The monoisotopic (exact) mass is 880 g/mol. The number of carboxylic acid groups (broad SMARTS) is 1. The predicted molar refractivity (Wildman–Crippen MR) is 244 cm³/mol. The number of phosphoric acid groups is 1. The Morgan fingerprint density at radius 3 is 1.70 bits per heavy atom. The van der Waals surface area contributed by atoms with Gasteiger partial charge in [0.05, 0.1) is 25.4 Å². The van der Waals surface area contributed by atoms with Crippen molar-refractivity contribution in [2.45, 2.75) is 205 Å². The van der Waals surface area contributed by atoms with E-state index in [4.69, 9.17) is 29.6 Å². The maximum Gasteiger partial charge on any atom is 0.472 e. The quantitative estimate of drug-likeness (QED) is 0.0174. The normalized spacial score (nSPS) is 17.5. The first-order chi connectivity index (χ1) is 29.6. The minimum Gasteiger partial charge on any atom is -0.480 e. The van der Waals surface area contributed by atoms with Crippen molar-refractivity contribution in [3.63, 3.8) is 0 Å². The Morgan fingerprint density at radius 1 is 0.607 bits per heavy atom. The lowest BCUT2D eigenvalue weighted by atomic mass is 10.1. The molecule has 0 aromatic heterocycles. The standard InChI is InChI=1S/C48H82NO11P/c1-3-5-7-8-9-10-11-12-13-14-15-16-17-18-19-24-27-30-34-38-47(51)59-42(40-57-61(54,55)58-41-43(49)48(52)53)39-56-46(50)37-33-29-26-23-21-20-22-25-28-32-36-45-44(60-45)35-31-6-4-2/h9-10,12-13,20,22-23,26,28,32,42-45H,3-8,11,14-19,21,24-25,27,29-31,33-41,49H2,1-2H3,(H,52,53)(H,54,55)/b10-9-,13-12-,22-20-,26-23-,32-28-/t42-,43+,44?,45?/m1/s1. The molecule has 1 aliphatic rings. The number of nitrogens with two attached hydrogens (primary N) is 1. The molecule has 0 aliphatic carbocycles. The van der Waals surface area contributed by atoms with E-state index in [1.165, 1.54) is 77.0 Å². The van der Waals surface area contributed by atoms with Gasteiger partial charge in [0.15, 0.2) is 6.10 Å². The number of esters is 2. The summed E-state index contributed by atoms with van der Waals surface area (Å²) in [5, 5.41) is 8.90.